The molecule has 0 rings (SSSR count). The first-order chi connectivity index (χ1) is 14.9. The fourth-order valence-electron chi connectivity index (χ4n) is 5.59. The van der Waals surface area contributed by atoms with Crippen LogP contribution in [0.4, 0.5) is 0 Å². The van der Waals surface area contributed by atoms with Gasteiger partial charge in [-0.2, -0.15) is 0 Å². The second-order valence-corrected chi connectivity index (χ2v) is 15.5. The number of rotatable bonds is 14. The molecule has 0 saturated heterocycles. The van der Waals surface area contributed by atoms with Crippen LogP contribution in [0.1, 0.15) is 136 Å². The Balaban J connectivity index is 4.99. The van der Waals surface area contributed by atoms with E-state index in [-0.39, 0.29) is 28.1 Å². The van der Waals surface area contributed by atoms with E-state index < -0.39 is 11.1 Å². The lowest BCUT2D eigenvalue weighted by Gasteiger charge is -2.40. The van der Waals surface area contributed by atoms with Crippen molar-refractivity contribution < 1.29 is 9.59 Å². The third-order valence-electron chi connectivity index (χ3n) is 7.63. The van der Waals surface area contributed by atoms with Crippen LogP contribution in [0.25, 0.3) is 0 Å². The molecule has 1 unspecified atom stereocenters. The molecule has 0 aromatic heterocycles. The van der Waals surface area contributed by atoms with Crippen LogP contribution in [-0.4, -0.2) is 22.9 Å². The summed E-state index contributed by atoms with van der Waals surface area (Å²) in [6, 6.07) is 0. The molecule has 0 bridgehead atoms. The first kappa shape index (κ1) is 32.9. The summed E-state index contributed by atoms with van der Waals surface area (Å²) >= 11 is 0. The van der Waals surface area contributed by atoms with Gasteiger partial charge in [-0.15, -0.1) is 0 Å². The van der Waals surface area contributed by atoms with Crippen molar-refractivity contribution >= 4 is 11.8 Å². The van der Waals surface area contributed by atoms with Crippen LogP contribution in [0, 0.1) is 34.0 Å². The molecule has 0 aliphatic heterocycles. The quantitative estimate of drug-likeness (QED) is 0.267. The van der Waals surface area contributed by atoms with E-state index in [9.17, 15) is 9.59 Å². The van der Waals surface area contributed by atoms with Crippen molar-refractivity contribution in [1.29, 1.82) is 0 Å². The lowest BCUT2D eigenvalue weighted by molar-refractivity contribution is -0.125. The molecule has 0 heterocycles. The smallest absolute Gasteiger partial charge is 0.220 e. The zero-order valence-corrected chi connectivity index (χ0v) is 25.6. The third-order valence-corrected chi connectivity index (χ3v) is 7.63. The molecular formula is C30H60N2O2. The summed E-state index contributed by atoms with van der Waals surface area (Å²) < 4.78 is 0. The Hall–Kier alpha value is -1.06. The van der Waals surface area contributed by atoms with Crippen LogP contribution in [0.2, 0.25) is 0 Å². The monoisotopic (exact) mass is 480 g/mol. The molecule has 4 heteroatoms. The molecule has 1 atom stereocenters. The van der Waals surface area contributed by atoms with Gasteiger partial charge in [0.25, 0.3) is 0 Å². The van der Waals surface area contributed by atoms with Crippen LogP contribution >= 0.6 is 0 Å². The van der Waals surface area contributed by atoms with Gasteiger partial charge in [-0.25, -0.2) is 0 Å². The second kappa shape index (κ2) is 11.8. The summed E-state index contributed by atoms with van der Waals surface area (Å²) in [6.45, 7) is 32.8. The molecule has 202 valence electrons. The average molecular weight is 481 g/mol. The largest absolute Gasteiger partial charge is 0.351 e. The first-order valence-corrected chi connectivity index (χ1v) is 13.5. The number of carbonyl (C=O) groups excluding carboxylic acids is 2. The highest BCUT2D eigenvalue weighted by atomic mass is 16.2. The van der Waals surface area contributed by atoms with Crippen molar-refractivity contribution in [3.8, 4) is 0 Å². The van der Waals surface area contributed by atoms with E-state index >= 15 is 0 Å². The molecule has 0 saturated carbocycles. The van der Waals surface area contributed by atoms with E-state index in [4.69, 9.17) is 0 Å². The Bertz CT molecular complexity index is 669. The van der Waals surface area contributed by atoms with Gasteiger partial charge in [0.2, 0.25) is 11.8 Å². The molecule has 0 aliphatic carbocycles. The highest BCUT2D eigenvalue weighted by Gasteiger charge is 2.36. The van der Waals surface area contributed by atoms with Gasteiger partial charge in [0, 0.05) is 23.9 Å². The van der Waals surface area contributed by atoms with Gasteiger partial charge in [0.05, 0.1) is 0 Å². The van der Waals surface area contributed by atoms with Crippen molar-refractivity contribution in [3.05, 3.63) is 0 Å². The van der Waals surface area contributed by atoms with Crippen LogP contribution in [0.15, 0.2) is 0 Å². The van der Waals surface area contributed by atoms with Crippen LogP contribution in [0.5, 0.6) is 0 Å². The highest BCUT2D eigenvalue weighted by Crippen LogP contribution is 2.41. The Morgan fingerprint density at radius 2 is 1.00 bits per heavy atom. The maximum Gasteiger partial charge on any atom is 0.220 e. The number of hydrogen-bond donors (Lipinski definition) is 2. The van der Waals surface area contributed by atoms with Gasteiger partial charge in [0.1, 0.15) is 0 Å². The van der Waals surface area contributed by atoms with E-state index in [0.717, 1.165) is 12.8 Å². The maximum absolute atomic E-state index is 13.0. The minimum absolute atomic E-state index is 0.0388. The SMILES string of the molecule is CC(C)C(C)CC(C)(C)CC(=O)NC(C)(C)CC(C)(C)NC(=O)CC(C)(C)CC(C)(C)C(C)C. The molecule has 0 fully saturated rings. The summed E-state index contributed by atoms with van der Waals surface area (Å²) in [6.07, 6.45) is 3.71. The lowest BCUT2D eigenvalue weighted by Crippen LogP contribution is -2.54. The van der Waals surface area contributed by atoms with Crippen molar-refractivity contribution in [2.45, 2.75) is 147 Å². The fraction of sp³-hybridized carbons (Fsp3) is 0.933. The van der Waals surface area contributed by atoms with E-state index in [1.807, 2.05) is 0 Å². The molecule has 34 heavy (non-hydrogen) atoms. The summed E-state index contributed by atoms with van der Waals surface area (Å²) in [5.74, 6) is 1.94. The predicted molar refractivity (Wildman–Crippen MR) is 148 cm³/mol. The van der Waals surface area contributed by atoms with Gasteiger partial charge in [-0.1, -0.05) is 76.2 Å². The molecule has 0 aromatic carbocycles. The number of amides is 2. The predicted octanol–water partition coefficient (Wildman–Crippen LogP) is 7.75. The van der Waals surface area contributed by atoms with Crippen molar-refractivity contribution in [2.24, 2.45) is 34.0 Å². The second-order valence-electron chi connectivity index (χ2n) is 15.5. The van der Waals surface area contributed by atoms with Gasteiger partial charge in [0.15, 0.2) is 0 Å². The van der Waals surface area contributed by atoms with Crippen LogP contribution in [-0.2, 0) is 9.59 Å². The van der Waals surface area contributed by atoms with Gasteiger partial charge < -0.3 is 10.6 Å². The molecule has 0 radical (unpaired) electrons. The standard InChI is InChI=1S/C30H60N2O2/c1-21(2)23(5)16-26(6,7)17-24(33)31-29(12,13)20-30(14,15)32-25(34)18-27(8,9)19-28(10,11)22(3)4/h21-23H,16-20H2,1-15H3,(H,31,33)(H,32,34). The fourth-order valence-corrected chi connectivity index (χ4v) is 5.59. The average Bonchev–Trinajstić information content (AvgIpc) is 2.48. The normalized spacial score (nSPS) is 15.0. The van der Waals surface area contributed by atoms with Gasteiger partial charge in [-0.3, -0.25) is 9.59 Å². The topological polar surface area (TPSA) is 58.2 Å². The van der Waals surface area contributed by atoms with E-state index in [0.29, 0.717) is 37.0 Å². The number of carbonyl (C=O) groups is 2. The molecular weight excluding hydrogens is 420 g/mol. The highest BCUT2D eigenvalue weighted by molar-refractivity contribution is 5.78. The van der Waals surface area contributed by atoms with E-state index in [1.54, 1.807) is 0 Å². The Morgan fingerprint density at radius 3 is 1.35 bits per heavy atom. The lowest BCUT2D eigenvalue weighted by atomic mass is 9.68. The Morgan fingerprint density at radius 1 is 0.618 bits per heavy atom. The van der Waals surface area contributed by atoms with Crippen molar-refractivity contribution in [1.82, 2.24) is 10.6 Å². The summed E-state index contributed by atoms with van der Waals surface area (Å²) in [5, 5.41) is 6.50. The van der Waals surface area contributed by atoms with Gasteiger partial charge in [-0.05, 0) is 81.0 Å². The summed E-state index contributed by atoms with van der Waals surface area (Å²) in [5.41, 5.74) is -0.756. The minimum Gasteiger partial charge on any atom is -0.351 e. The Labute approximate surface area is 213 Å². The van der Waals surface area contributed by atoms with Gasteiger partial charge >= 0.3 is 0 Å². The number of hydrogen-bond acceptors (Lipinski definition) is 2. The first-order valence-electron chi connectivity index (χ1n) is 13.5. The van der Waals surface area contributed by atoms with Crippen LogP contribution < -0.4 is 10.6 Å². The molecule has 2 amide bonds. The Kier molecular flexibility index (Phi) is 11.4. The van der Waals surface area contributed by atoms with E-state index in [2.05, 4.69) is 114 Å². The molecule has 2 N–H and O–H groups in total. The summed E-state index contributed by atoms with van der Waals surface area (Å²) in [4.78, 5) is 25.9. The summed E-state index contributed by atoms with van der Waals surface area (Å²) in [7, 11) is 0. The molecule has 0 spiro atoms. The third kappa shape index (κ3) is 13.1. The van der Waals surface area contributed by atoms with Crippen molar-refractivity contribution in [3.63, 3.8) is 0 Å². The van der Waals surface area contributed by atoms with Crippen LogP contribution in [0.3, 0.4) is 0 Å². The zero-order valence-electron chi connectivity index (χ0n) is 25.6. The van der Waals surface area contributed by atoms with E-state index in [1.165, 1.54) is 0 Å². The molecule has 4 nitrogen and oxygen atoms in total. The number of nitrogens with one attached hydrogen (secondary N) is 2. The zero-order chi connectivity index (χ0) is 27.3. The minimum atomic E-state index is -0.417. The maximum atomic E-state index is 13.0. The van der Waals surface area contributed by atoms with Crippen molar-refractivity contribution in [2.75, 3.05) is 0 Å². The molecule has 0 aromatic rings. The molecule has 0 aliphatic rings.